The fraction of sp³-hybridized carbons (Fsp3) is 0.800. The van der Waals surface area contributed by atoms with Gasteiger partial charge in [0.05, 0.1) is 19.6 Å². The molecule has 0 aromatic rings. The van der Waals surface area contributed by atoms with Crippen LogP contribution in [0.4, 0.5) is 0 Å². The number of aliphatic hydroxyl groups excluding tert-OH is 1. The zero-order valence-electron chi connectivity index (χ0n) is 9.51. The van der Waals surface area contributed by atoms with Gasteiger partial charge in [-0.15, -0.1) is 0 Å². The first-order chi connectivity index (χ1) is 7.60. The van der Waals surface area contributed by atoms with Crippen LogP contribution in [0.15, 0.2) is 0 Å². The first kappa shape index (κ1) is 13.3. The molecule has 0 radical (unpaired) electrons. The van der Waals surface area contributed by atoms with Crippen LogP contribution in [-0.2, 0) is 14.3 Å². The summed E-state index contributed by atoms with van der Waals surface area (Å²) in [5.74, 6) is 0.195. The van der Waals surface area contributed by atoms with Crippen LogP contribution in [0.5, 0.6) is 0 Å². The van der Waals surface area contributed by atoms with Crippen molar-refractivity contribution in [1.82, 2.24) is 4.90 Å². The predicted molar refractivity (Wildman–Crippen MR) is 61.1 cm³/mol. The van der Waals surface area contributed by atoms with Crippen molar-refractivity contribution in [2.45, 2.75) is 25.0 Å². The molecule has 16 heavy (non-hydrogen) atoms. The summed E-state index contributed by atoms with van der Waals surface area (Å²) < 4.78 is 4.68. The van der Waals surface area contributed by atoms with Crippen LogP contribution in [0.3, 0.4) is 0 Å². The van der Waals surface area contributed by atoms with E-state index in [0.717, 1.165) is 5.75 Å². The Morgan fingerprint density at radius 2 is 2.44 bits per heavy atom. The lowest BCUT2D eigenvalue weighted by Gasteiger charge is -2.25. The Morgan fingerprint density at radius 1 is 1.75 bits per heavy atom. The molecule has 1 saturated heterocycles. The van der Waals surface area contributed by atoms with Crippen LogP contribution < -0.4 is 0 Å². The molecule has 0 bridgehead atoms. The number of nitrogens with zero attached hydrogens (tertiary/aromatic N) is 1. The number of rotatable bonds is 5. The van der Waals surface area contributed by atoms with E-state index in [9.17, 15) is 14.7 Å². The number of methoxy groups -OCH3 is 1. The monoisotopic (exact) mass is 247 g/mol. The van der Waals surface area contributed by atoms with E-state index in [4.69, 9.17) is 0 Å². The average Bonchev–Trinajstić information content (AvgIpc) is 2.58. The Balaban J connectivity index is 2.68. The summed E-state index contributed by atoms with van der Waals surface area (Å²) in [7, 11) is 1.31. The fourth-order valence-electron chi connectivity index (χ4n) is 1.78. The van der Waals surface area contributed by atoms with Gasteiger partial charge >= 0.3 is 5.97 Å². The number of hydrogen-bond acceptors (Lipinski definition) is 5. The van der Waals surface area contributed by atoms with Gasteiger partial charge in [-0.05, 0) is 18.4 Å². The second-order valence-electron chi connectivity index (χ2n) is 3.72. The Labute approximate surface area is 99.1 Å². The van der Waals surface area contributed by atoms with Crippen molar-refractivity contribution in [3.8, 4) is 0 Å². The van der Waals surface area contributed by atoms with Crippen LogP contribution in [0.25, 0.3) is 0 Å². The van der Waals surface area contributed by atoms with Gasteiger partial charge < -0.3 is 14.7 Å². The number of carbonyl (C=O) groups is 2. The van der Waals surface area contributed by atoms with Crippen LogP contribution in [0, 0.1) is 0 Å². The Bertz CT molecular complexity index is 272. The summed E-state index contributed by atoms with van der Waals surface area (Å²) in [4.78, 5) is 24.5. The van der Waals surface area contributed by atoms with Gasteiger partial charge in [0.25, 0.3) is 0 Å². The third kappa shape index (κ3) is 3.12. The Hall–Kier alpha value is -0.750. The van der Waals surface area contributed by atoms with E-state index in [1.807, 2.05) is 6.26 Å². The summed E-state index contributed by atoms with van der Waals surface area (Å²) in [5, 5.41) is 9.38. The standard InChI is InChI=1S/C10H17NO4S/c1-15-10(14)8(3-4-16-2)11-6-7(12)5-9(11)13/h7-8,12H,3-6H2,1-2H3. The lowest BCUT2D eigenvalue weighted by Crippen LogP contribution is -2.43. The Kier molecular flexibility index (Phi) is 5.08. The van der Waals surface area contributed by atoms with E-state index in [1.165, 1.54) is 12.0 Å². The minimum Gasteiger partial charge on any atom is -0.467 e. The van der Waals surface area contributed by atoms with Crippen molar-refractivity contribution in [2.75, 3.05) is 25.7 Å². The molecule has 0 aromatic carbocycles. The van der Waals surface area contributed by atoms with E-state index in [-0.39, 0.29) is 18.9 Å². The van der Waals surface area contributed by atoms with E-state index in [2.05, 4.69) is 4.74 Å². The highest BCUT2D eigenvalue weighted by Gasteiger charge is 2.37. The Morgan fingerprint density at radius 3 is 2.88 bits per heavy atom. The minimum absolute atomic E-state index is 0.104. The van der Waals surface area contributed by atoms with Crippen molar-refractivity contribution in [2.24, 2.45) is 0 Å². The molecule has 5 nitrogen and oxygen atoms in total. The molecular formula is C10H17NO4S. The van der Waals surface area contributed by atoms with Gasteiger partial charge in [0.15, 0.2) is 0 Å². The molecular weight excluding hydrogens is 230 g/mol. The molecule has 92 valence electrons. The molecule has 1 heterocycles. The maximum atomic E-state index is 11.6. The smallest absolute Gasteiger partial charge is 0.328 e. The molecule has 1 aliphatic rings. The molecule has 2 atom stereocenters. The highest BCUT2D eigenvalue weighted by molar-refractivity contribution is 7.98. The number of hydrogen-bond donors (Lipinski definition) is 1. The minimum atomic E-state index is -0.658. The molecule has 0 saturated carbocycles. The van der Waals surface area contributed by atoms with Gasteiger partial charge in [-0.25, -0.2) is 4.79 Å². The van der Waals surface area contributed by atoms with Crippen molar-refractivity contribution in [3.05, 3.63) is 0 Å². The molecule has 1 rings (SSSR count). The van der Waals surface area contributed by atoms with Crippen LogP contribution >= 0.6 is 11.8 Å². The highest BCUT2D eigenvalue weighted by Crippen LogP contribution is 2.18. The van der Waals surface area contributed by atoms with E-state index in [0.29, 0.717) is 6.42 Å². The van der Waals surface area contributed by atoms with Crippen molar-refractivity contribution in [1.29, 1.82) is 0 Å². The topological polar surface area (TPSA) is 66.8 Å². The number of carbonyl (C=O) groups excluding carboxylic acids is 2. The third-order valence-electron chi connectivity index (χ3n) is 2.58. The van der Waals surface area contributed by atoms with Gasteiger partial charge in [-0.1, -0.05) is 0 Å². The second kappa shape index (κ2) is 6.10. The number of esters is 1. The second-order valence-corrected chi connectivity index (χ2v) is 4.71. The molecule has 1 aliphatic heterocycles. The number of aliphatic hydroxyl groups is 1. The number of β-amino-alcohol motifs (C(OH)–C–C–N with tert-alkyl or cyclic N) is 1. The molecule has 0 aromatic heterocycles. The number of thioether (sulfide) groups is 1. The van der Waals surface area contributed by atoms with Gasteiger partial charge in [0.1, 0.15) is 6.04 Å². The zero-order valence-corrected chi connectivity index (χ0v) is 10.3. The first-order valence-corrected chi connectivity index (χ1v) is 6.53. The van der Waals surface area contributed by atoms with Crippen LogP contribution in [0.2, 0.25) is 0 Å². The molecule has 1 fully saturated rings. The number of likely N-dealkylation sites (tertiary alicyclic amines) is 1. The molecule has 2 unspecified atom stereocenters. The third-order valence-corrected chi connectivity index (χ3v) is 3.23. The normalized spacial score (nSPS) is 22.3. The van der Waals surface area contributed by atoms with E-state index >= 15 is 0 Å². The van der Waals surface area contributed by atoms with Crippen LogP contribution in [-0.4, -0.2) is 59.7 Å². The SMILES string of the molecule is COC(=O)C(CCSC)N1CC(O)CC1=O. The average molecular weight is 247 g/mol. The first-order valence-electron chi connectivity index (χ1n) is 5.14. The van der Waals surface area contributed by atoms with Crippen molar-refractivity contribution < 1.29 is 19.4 Å². The van der Waals surface area contributed by atoms with E-state index in [1.54, 1.807) is 11.8 Å². The van der Waals surface area contributed by atoms with Gasteiger partial charge in [-0.2, -0.15) is 11.8 Å². The summed E-state index contributed by atoms with van der Waals surface area (Å²) in [6, 6.07) is -0.554. The number of amides is 1. The molecule has 1 amide bonds. The quantitative estimate of drug-likeness (QED) is 0.686. The fourth-order valence-corrected chi connectivity index (χ4v) is 2.24. The maximum absolute atomic E-state index is 11.6. The van der Waals surface area contributed by atoms with Crippen molar-refractivity contribution in [3.63, 3.8) is 0 Å². The van der Waals surface area contributed by atoms with Crippen LogP contribution in [0.1, 0.15) is 12.8 Å². The van der Waals surface area contributed by atoms with Gasteiger partial charge in [0.2, 0.25) is 5.91 Å². The lowest BCUT2D eigenvalue weighted by atomic mass is 10.2. The lowest BCUT2D eigenvalue weighted by molar-refractivity contribution is -0.151. The molecule has 6 heteroatoms. The number of ether oxygens (including phenoxy) is 1. The zero-order chi connectivity index (χ0) is 12.1. The maximum Gasteiger partial charge on any atom is 0.328 e. The molecule has 0 spiro atoms. The van der Waals surface area contributed by atoms with Crippen molar-refractivity contribution >= 4 is 23.6 Å². The molecule has 0 aliphatic carbocycles. The predicted octanol–water partition coefficient (Wildman–Crippen LogP) is -0.126. The highest BCUT2D eigenvalue weighted by atomic mass is 32.2. The summed E-state index contributed by atoms with van der Waals surface area (Å²) >= 11 is 1.61. The summed E-state index contributed by atoms with van der Waals surface area (Å²) in [6.07, 6.45) is 1.95. The summed E-state index contributed by atoms with van der Waals surface area (Å²) in [5.41, 5.74) is 0. The van der Waals surface area contributed by atoms with Gasteiger partial charge in [-0.3, -0.25) is 4.79 Å². The van der Waals surface area contributed by atoms with Gasteiger partial charge in [0, 0.05) is 6.54 Å². The largest absolute Gasteiger partial charge is 0.467 e. The molecule has 1 N–H and O–H groups in total. The summed E-state index contributed by atoms with van der Waals surface area (Å²) in [6.45, 7) is 0.229. The van der Waals surface area contributed by atoms with E-state index < -0.39 is 18.1 Å².